The number of fused-ring (bicyclic) bond motifs is 1. The smallest absolute Gasteiger partial charge is 0.124 e. The Balaban J connectivity index is 1.81. The number of hydrogen-bond donors (Lipinski definition) is 1. The van der Waals surface area contributed by atoms with Gasteiger partial charge < -0.3 is 9.84 Å². The van der Waals surface area contributed by atoms with E-state index in [9.17, 15) is 0 Å². The number of nitrogens with zero attached hydrogens (tertiary/aromatic N) is 1. The lowest BCUT2D eigenvalue weighted by Gasteiger charge is -2.12. The van der Waals surface area contributed by atoms with Gasteiger partial charge in [0, 0.05) is 28.2 Å². The van der Waals surface area contributed by atoms with E-state index in [0.717, 1.165) is 12.2 Å². The summed E-state index contributed by atoms with van der Waals surface area (Å²) in [7, 11) is 0. The lowest BCUT2D eigenvalue weighted by molar-refractivity contribution is 0.406. The topological polar surface area (TPSA) is 38.1 Å². The number of benzene rings is 1. The molecule has 0 aliphatic carbocycles. The SMILES string of the molecule is Cc1c(C(C)NCc2ccon2)sc2ccccc12. The van der Waals surface area contributed by atoms with Crippen LogP contribution in [-0.4, -0.2) is 5.16 Å². The van der Waals surface area contributed by atoms with Crippen molar-refractivity contribution in [3.05, 3.63) is 52.7 Å². The molecule has 0 radical (unpaired) electrons. The third-order valence-electron chi connectivity index (χ3n) is 3.35. The molecule has 1 N–H and O–H groups in total. The van der Waals surface area contributed by atoms with Gasteiger partial charge in [0.15, 0.2) is 0 Å². The molecule has 0 aliphatic heterocycles. The summed E-state index contributed by atoms with van der Waals surface area (Å²) in [5.41, 5.74) is 2.31. The third kappa shape index (κ3) is 2.41. The van der Waals surface area contributed by atoms with Gasteiger partial charge in [-0.05, 0) is 30.9 Å². The van der Waals surface area contributed by atoms with E-state index in [1.807, 2.05) is 17.4 Å². The van der Waals surface area contributed by atoms with Gasteiger partial charge in [-0.25, -0.2) is 0 Å². The molecule has 3 nitrogen and oxygen atoms in total. The molecule has 1 unspecified atom stereocenters. The van der Waals surface area contributed by atoms with Crippen LogP contribution in [0.2, 0.25) is 0 Å². The maximum atomic E-state index is 4.84. The van der Waals surface area contributed by atoms with Crippen LogP contribution in [0.15, 0.2) is 41.1 Å². The van der Waals surface area contributed by atoms with E-state index in [1.165, 1.54) is 20.5 Å². The summed E-state index contributed by atoms with van der Waals surface area (Å²) in [5, 5.41) is 8.76. The fourth-order valence-electron chi connectivity index (χ4n) is 2.29. The lowest BCUT2D eigenvalue weighted by Crippen LogP contribution is -2.17. The zero-order valence-electron chi connectivity index (χ0n) is 11.0. The molecule has 0 bridgehead atoms. The molecular formula is C15H16N2OS. The number of nitrogens with one attached hydrogen (secondary N) is 1. The molecule has 0 saturated carbocycles. The van der Waals surface area contributed by atoms with Gasteiger partial charge >= 0.3 is 0 Å². The summed E-state index contributed by atoms with van der Waals surface area (Å²) in [6.45, 7) is 5.12. The van der Waals surface area contributed by atoms with Gasteiger partial charge in [-0.1, -0.05) is 23.4 Å². The van der Waals surface area contributed by atoms with Crippen molar-refractivity contribution in [2.24, 2.45) is 0 Å². The minimum Gasteiger partial charge on any atom is -0.364 e. The van der Waals surface area contributed by atoms with Gasteiger partial charge in [-0.3, -0.25) is 0 Å². The summed E-state index contributed by atoms with van der Waals surface area (Å²) in [4.78, 5) is 1.39. The van der Waals surface area contributed by atoms with E-state index in [-0.39, 0.29) is 0 Å². The Morgan fingerprint density at radius 1 is 1.32 bits per heavy atom. The van der Waals surface area contributed by atoms with Crippen molar-refractivity contribution in [1.82, 2.24) is 10.5 Å². The van der Waals surface area contributed by atoms with Crippen molar-refractivity contribution in [3.8, 4) is 0 Å². The second kappa shape index (κ2) is 5.15. The van der Waals surface area contributed by atoms with Crippen molar-refractivity contribution in [2.75, 3.05) is 0 Å². The van der Waals surface area contributed by atoms with Crippen LogP contribution >= 0.6 is 11.3 Å². The number of rotatable bonds is 4. The van der Waals surface area contributed by atoms with Gasteiger partial charge in [0.1, 0.15) is 6.26 Å². The first kappa shape index (κ1) is 12.4. The van der Waals surface area contributed by atoms with Gasteiger partial charge in [-0.15, -0.1) is 11.3 Å². The van der Waals surface area contributed by atoms with E-state index in [1.54, 1.807) is 6.26 Å². The molecule has 3 rings (SSSR count). The maximum absolute atomic E-state index is 4.84. The molecule has 0 saturated heterocycles. The van der Waals surface area contributed by atoms with Crippen LogP contribution in [-0.2, 0) is 6.54 Å². The number of hydrogen-bond acceptors (Lipinski definition) is 4. The summed E-state index contributed by atoms with van der Waals surface area (Å²) < 4.78 is 6.19. The van der Waals surface area contributed by atoms with Crippen molar-refractivity contribution in [2.45, 2.75) is 26.4 Å². The Morgan fingerprint density at radius 3 is 2.89 bits per heavy atom. The normalized spacial score (nSPS) is 12.9. The molecule has 0 fully saturated rings. The van der Waals surface area contributed by atoms with Crippen LogP contribution in [0, 0.1) is 6.92 Å². The zero-order chi connectivity index (χ0) is 13.2. The second-order valence-electron chi connectivity index (χ2n) is 4.68. The predicted molar refractivity (Wildman–Crippen MR) is 78.3 cm³/mol. The standard InChI is InChI=1S/C15H16N2OS/c1-10-13-5-3-4-6-14(13)19-15(10)11(2)16-9-12-7-8-18-17-12/h3-8,11,16H,9H2,1-2H3. The molecule has 1 atom stereocenters. The van der Waals surface area contributed by atoms with E-state index >= 15 is 0 Å². The van der Waals surface area contributed by atoms with E-state index in [2.05, 4.69) is 48.6 Å². The lowest BCUT2D eigenvalue weighted by atomic mass is 10.1. The highest BCUT2D eigenvalue weighted by Crippen LogP contribution is 2.34. The van der Waals surface area contributed by atoms with Gasteiger partial charge in [0.2, 0.25) is 0 Å². The predicted octanol–water partition coefficient (Wildman–Crippen LogP) is 4.05. The maximum Gasteiger partial charge on any atom is 0.124 e. The van der Waals surface area contributed by atoms with Crippen LogP contribution in [0.3, 0.4) is 0 Å². The number of thiophene rings is 1. The molecule has 0 spiro atoms. The van der Waals surface area contributed by atoms with Crippen molar-refractivity contribution >= 4 is 21.4 Å². The Labute approximate surface area is 116 Å². The van der Waals surface area contributed by atoms with E-state index in [0.29, 0.717) is 6.04 Å². The van der Waals surface area contributed by atoms with Crippen LogP contribution in [0.25, 0.3) is 10.1 Å². The monoisotopic (exact) mass is 272 g/mol. The van der Waals surface area contributed by atoms with Gasteiger partial charge in [0.05, 0.1) is 5.69 Å². The largest absolute Gasteiger partial charge is 0.364 e. The fraction of sp³-hybridized carbons (Fsp3) is 0.267. The quantitative estimate of drug-likeness (QED) is 0.778. The van der Waals surface area contributed by atoms with Crippen LogP contribution < -0.4 is 5.32 Å². The molecule has 19 heavy (non-hydrogen) atoms. The van der Waals surface area contributed by atoms with E-state index in [4.69, 9.17) is 4.52 Å². The highest BCUT2D eigenvalue weighted by atomic mass is 32.1. The van der Waals surface area contributed by atoms with Crippen molar-refractivity contribution in [1.29, 1.82) is 0 Å². The Morgan fingerprint density at radius 2 is 2.16 bits per heavy atom. The number of aryl methyl sites for hydroxylation is 1. The molecule has 98 valence electrons. The van der Waals surface area contributed by atoms with Gasteiger partial charge in [0.25, 0.3) is 0 Å². The zero-order valence-corrected chi connectivity index (χ0v) is 11.8. The first-order valence-corrected chi connectivity index (χ1v) is 7.18. The highest BCUT2D eigenvalue weighted by Gasteiger charge is 2.14. The first-order chi connectivity index (χ1) is 9.25. The fourth-order valence-corrected chi connectivity index (χ4v) is 3.52. The average Bonchev–Trinajstić information content (AvgIpc) is 3.05. The molecule has 2 heterocycles. The molecular weight excluding hydrogens is 256 g/mol. The molecule has 0 amide bonds. The minimum atomic E-state index is 0.314. The van der Waals surface area contributed by atoms with E-state index < -0.39 is 0 Å². The molecule has 2 aromatic heterocycles. The Hall–Kier alpha value is -1.65. The second-order valence-corrected chi connectivity index (χ2v) is 5.76. The van der Waals surface area contributed by atoms with Crippen LogP contribution in [0.5, 0.6) is 0 Å². The third-order valence-corrected chi connectivity index (χ3v) is 4.81. The van der Waals surface area contributed by atoms with Crippen molar-refractivity contribution in [3.63, 3.8) is 0 Å². The molecule has 4 heteroatoms. The highest BCUT2D eigenvalue weighted by molar-refractivity contribution is 7.19. The molecule has 0 aliphatic rings. The molecule has 1 aromatic carbocycles. The summed E-state index contributed by atoms with van der Waals surface area (Å²) in [6.07, 6.45) is 1.60. The number of aromatic nitrogens is 1. The molecule has 3 aromatic rings. The first-order valence-electron chi connectivity index (χ1n) is 6.36. The van der Waals surface area contributed by atoms with Gasteiger partial charge in [-0.2, -0.15) is 0 Å². The Kier molecular flexibility index (Phi) is 3.36. The van der Waals surface area contributed by atoms with Crippen LogP contribution in [0.4, 0.5) is 0 Å². The summed E-state index contributed by atoms with van der Waals surface area (Å²) >= 11 is 1.86. The van der Waals surface area contributed by atoms with Crippen molar-refractivity contribution < 1.29 is 4.52 Å². The Bertz CT molecular complexity index is 673. The van der Waals surface area contributed by atoms with Crippen LogP contribution in [0.1, 0.15) is 29.1 Å². The average molecular weight is 272 g/mol. The summed E-state index contributed by atoms with van der Waals surface area (Å²) in [5.74, 6) is 0. The summed E-state index contributed by atoms with van der Waals surface area (Å²) in [6, 6.07) is 10.8. The minimum absolute atomic E-state index is 0.314.